The van der Waals surface area contributed by atoms with Gasteiger partial charge in [-0.05, 0) is 18.2 Å². The number of nitrogens with one attached hydrogen (secondary N) is 1. The van der Waals surface area contributed by atoms with Crippen molar-refractivity contribution < 1.29 is 17.6 Å². The number of nitriles is 1. The summed E-state index contributed by atoms with van der Waals surface area (Å²) in [4.78, 5) is 24.6. The Morgan fingerprint density at radius 3 is 2.48 bits per heavy atom. The molecule has 108 valence electrons. The maximum atomic E-state index is 13.2. The summed E-state index contributed by atoms with van der Waals surface area (Å²) in [6.45, 7) is 0. The van der Waals surface area contributed by atoms with Crippen LogP contribution in [0, 0.1) is 17.1 Å². The molecule has 0 saturated carbocycles. The van der Waals surface area contributed by atoms with Crippen molar-refractivity contribution in [3.8, 4) is 11.8 Å². The Morgan fingerprint density at radius 2 is 1.90 bits per heavy atom. The number of H-pyrrole nitrogens is 1. The molecule has 1 N–H and O–H groups in total. The summed E-state index contributed by atoms with van der Waals surface area (Å²) in [5.41, 5.74) is -4.36. The minimum atomic E-state index is -4.94. The third-order valence-electron chi connectivity index (χ3n) is 2.60. The van der Waals surface area contributed by atoms with Gasteiger partial charge in [-0.3, -0.25) is 14.3 Å². The fraction of sp³-hybridized carbons (Fsp3) is 0.0833. The van der Waals surface area contributed by atoms with Crippen LogP contribution in [-0.4, -0.2) is 9.55 Å². The van der Waals surface area contributed by atoms with E-state index in [9.17, 15) is 27.2 Å². The molecule has 0 aliphatic rings. The number of aromatic nitrogens is 2. The van der Waals surface area contributed by atoms with Crippen LogP contribution in [0.4, 0.5) is 17.6 Å². The van der Waals surface area contributed by atoms with Gasteiger partial charge >= 0.3 is 11.9 Å². The van der Waals surface area contributed by atoms with Gasteiger partial charge in [0.1, 0.15) is 17.4 Å². The molecule has 0 amide bonds. The molecule has 0 aliphatic carbocycles. The Labute approximate surface area is 113 Å². The van der Waals surface area contributed by atoms with Crippen LogP contribution in [0.25, 0.3) is 5.69 Å². The van der Waals surface area contributed by atoms with Gasteiger partial charge in [0.25, 0.3) is 5.56 Å². The minimum absolute atomic E-state index is 0.332. The smallest absolute Gasteiger partial charge is 0.273 e. The summed E-state index contributed by atoms with van der Waals surface area (Å²) in [5.74, 6) is -1.50. The van der Waals surface area contributed by atoms with Crippen LogP contribution in [0.2, 0.25) is 0 Å². The molecule has 5 nitrogen and oxygen atoms in total. The highest BCUT2D eigenvalue weighted by Crippen LogP contribution is 2.32. The van der Waals surface area contributed by atoms with Crippen LogP contribution in [-0.2, 0) is 6.18 Å². The molecule has 1 aromatic heterocycles. The molecule has 0 aliphatic heterocycles. The average Bonchev–Trinajstić information content (AvgIpc) is 2.38. The lowest BCUT2D eigenvalue weighted by Gasteiger charge is -2.11. The lowest BCUT2D eigenvalue weighted by Crippen LogP contribution is -2.30. The number of aromatic amines is 1. The van der Waals surface area contributed by atoms with Crippen molar-refractivity contribution in [1.82, 2.24) is 9.55 Å². The predicted molar refractivity (Wildman–Crippen MR) is 62.3 cm³/mol. The largest absolute Gasteiger partial charge is 0.419 e. The maximum Gasteiger partial charge on any atom is 0.419 e. The van der Waals surface area contributed by atoms with Gasteiger partial charge in [0.05, 0.1) is 11.3 Å². The van der Waals surface area contributed by atoms with E-state index in [1.54, 1.807) is 4.98 Å². The summed E-state index contributed by atoms with van der Waals surface area (Å²) >= 11 is 0. The summed E-state index contributed by atoms with van der Waals surface area (Å²) < 4.78 is 51.6. The second-order valence-electron chi connectivity index (χ2n) is 3.95. The lowest BCUT2D eigenvalue weighted by atomic mass is 10.1. The first kappa shape index (κ1) is 14.5. The van der Waals surface area contributed by atoms with Gasteiger partial charge in [0, 0.05) is 6.20 Å². The van der Waals surface area contributed by atoms with Crippen molar-refractivity contribution in [3.63, 3.8) is 0 Å². The SMILES string of the molecule is N#Cc1cn(-c2ccc(F)c(C(F)(F)F)c2)c(=O)[nH]c1=O. The van der Waals surface area contributed by atoms with Crippen molar-refractivity contribution in [2.45, 2.75) is 6.18 Å². The zero-order valence-corrected chi connectivity index (χ0v) is 10.0. The van der Waals surface area contributed by atoms with Gasteiger partial charge in [0.15, 0.2) is 0 Å². The highest BCUT2D eigenvalue weighted by Gasteiger charge is 2.34. The maximum absolute atomic E-state index is 13.2. The van der Waals surface area contributed by atoms with Crippen LogP contribution in [0.3, 0.4) is 0 Å². The summed E-state index contributed by atoms with van der Waals surface area (Å²) in [5, 5.41) is 8.68. The molecule has 0 bridgehead atoms. The first-order valence-corrected chi connectivity index (χ1v) is 5.37. The molecule has 0 unspecified atom stereocenters. The number of benzene rings is 1. The Balaban J connectivity index is 2.72. The second-order valence-corrected chi connectivity index (χ2v) is 3.95. The van der Waals surface area contributed by atoms with E-state index in [0.717, 1.165) is 12.3 Å². The molecule has 0 fully saturated rings. The van der Waals surface area contributed by atoms with Crippen LogP contribution < -0.4 is 11.2 Å². The number of rotatable bonds is 1. The topological polar surface area (TPSA) is 78.7 Å². The van der Waals surface area contributed by atoms with E-state index >= 15 is 0 Å². The van der Waals surface area contributed by atoms with Crippen molar-refractivity contribution in [1.29, 1.82) is 5.26 Å². The molecular formula is C12H5F4N3O2. The zero-order valence-electron chi connectivity index (χ0n) is 10.0. The molecule has 2 rings (SSSR count). The minimum Gasteiger partial charge on any atom is -0.273 e. The highest BCUT2D eigenvalue weighted by atomic mass is 19.4. The van der Waals surface area contributed by atoms with E-state index in [0.29, 0.717) is 16.7 Å². The molecule has 0 radical (unpaired) electrons. The van der Waals surface area contributed by atoms with Gasteiger partial charge in [-0.25, -0.2) is 9.18 Å². The second kappa shape index (κ2) is 4.90. The number of nitrogens with zero attached hydrogens (tertiary/aromatic N) is 2. The summed E-state index contributed by atoms with van der Waals surface area (Å²) in [7, 11) is 0. The molecule has 0 spiro atoms. The molecular weight excluding hydrogens is 294 g/mol. The van der Waals surface area contributed by atoms with Gasteiger partial charge in [-0.2, -0.15) is 18.4 Å². The first-order chi connectivity index (χ1) is 9.74. The van der Waals surface area contributed by atoms with Crippen LogP contribution in [0.5, 0.6) is 0 Å². The number of hydrogen-bond donors (Lipinski definition) is 1. The van der Waals surface area contributed by atoms with Crippen molar-refractivity contribution in [2.24, 2.45) is 0 Å². The summed E-state index contributed by atoms with van der Waals surface area (Å²) in [6, 6.07) is 3.37. The molecule has 21 heavy (non-hydrogen) atoms. The number of hydrogen-bond acceptors (Lipinski definition) is 3. The van der Waals surface area contributed by atoms with E-state index in [2.05, 4.69) is 0 Å². The fourth-order valence-electron chi connectivity index (χ4n) is 1.62. The molecule has 0 atom stereocenters. The third kappa shape index (κ3) is 2.69. The monoisotopic (exact) mass is 299 g/mol. The van der Waals surface area contributed by atoms with Crippen LogP contribution >= 0.6 is 0 Å². The van der Waals surface area contributed by atoms with Crippen molar-refractivity contribution >= 4 is 0 Å². The Hall–Kier alpha value is -2.89. The van der Waals surface area contributed by atoms with Crippen LogP contribution in [0.1, 0.15) is 11.1 Å². The molecule has 9 heteroatoms. The Morgan fingerprint density at radius 1 is 1.24 bits per heavy atom. The first-order valence-electron chi connectivity index (χ1n) is 5.37. The van der Waals surface area contributed by atoms with Gasteiger partial charge in [-0.1, -0.05) is 0 Å². The summed E-state index contributed by atoms with van der Waals surface area (Å²) in [6.07, 6.45) is -4.15. The zero-order chi connectivity index (χ0) is 15.8. The molecule has 0 saturated heterocycles. The highest BCUT2D eigenvalue weighted by molar-refractivity contribution is 5.39. The fourth-order valence-corrected chi connectivity index (χ4v) is 1.62. The number of halogens is 4. The molecule has 1 heterocycles. The van der Waals surface area contributed by atoms with E-state index < -0.39 is 34.4 Å². The van der Waals surface area contributed by atoms with E-state index in [-0.39, 0.29) is 5.69 Å². The van der Waals surface area contributed by atoms with E-state index in [1.165, 1.54) is 6.07 Å². The van der Waals surface area contributed by atoms with Gasteiger partial charge in [0.2, 0.25) is 0 Å². The van der Waals surface area contributed by atoms with Gasteiger partial charge < -0.3 is 0 Å². The standard InChI is InChI=1S/C12H5F4N3O2/c13-9-2-1-7(3-8(9)12(14,15)16)19-5-6(4-17)10(20)18-11(19)21/h1-3,5H,(H,18,20,21). The van der Waals surface area contributed by atoms with E-state index in [1.807, 2.05) is 0 Å². The predicted octanol–water partition coefficient (Wildman–Crippen LogP) is 1.56. The van der Waals surface area contributed by atoms with Crippen molar-refractivity contribution in [2.75, 3.05) is 0 Å². The Kier molecular flexibility index (Phi) is 3.39. The van der Waals surface area contributed by atoms with E-state index in [4.69, 9.17) is 5.26 Å². The quantitative estimate of drug-likeness (QED) is 0.812. The normalized spacial score (nSPS) is 11.2. The molecule has 1 aromatic carbocycles. The average molecular weight is 299 g/mol. The molecule has 2 aromatic rings. The van der Waals surface area contributed by atoms with Crippen LogP contribution in [0.15, 0.2) is 34.0 Å². The van der Waals surface area contributed by atoms with Gasteiger partial charge in [-0.15, -0.1) is 0 Å². The lowest BCUT2D eigenvalue weighted by molar-refractivity contribution is -0.140. The number of alkyl halides is 3. The third-order valence-corrected chi connectivity index (χ3v) is 2.60. The Bertz CT molecular complexity index is 859. The van der Waals surface area contributed by atoms with Crippen molar-refractivity contribution in [3.05, 3.63) is 62.2 Å².